The second-order valence-corrected chi connectivity index (χ2v) is 30.9. The molecular formula is C97H149N5O15. The molecule has 15 unspecified atom stereocenters. The lowest BCUT2D eigenvalue weighted by Crippen LogP contribution is -2.48. The Bertz CT molecular complexity index is 7070. The normalized spacial score (nSPS) is 44.0. The summed E-state index contributed by atoms with van der Waals surface area (Å²) in [5.74, 6) is -13.6. The maximum absolute atomic E-state index is 11.2. The van der Waals surface area contributed by atoms with Gasteiger partial charge in [0.05, 0.1) is 130 Å². The zero-order chi connectivity index (χ0) is 140. The summed E-state index contributed by atoms with van der Waals surface area (Å²) in [6.45, 7) is -18.9. The molecule has 10 heterocycles. The van der Waals surface area contributed by atoms with Crippen molar-refractivity contribution in [1.29, 1.82) is 0 Å². The van der Waals surface area contributed by atoms with Crippen molar-refractivity contribution < 1.29 is 159 Å². The monoisotopic (exact) mass is 1690 g/mol. The Morgan fingerprint density at radius 1 is 0.368 bits per heavy atom. The summed E-state index contributed by atoms with van der Waals surface area (Å²) in [6, 6.07) is -13.9. The fourth-order valence-electron chi connectivity index (χ4n) is 15.3. The van der Waals surface area contributed by atoms with E-state index in [0.717, 1.165) is 43.0 Å². The van der Waals surface area contributed by atoms with E-state index in [0.29, 0.717) is 18.2 Å². The van der Waals surface area contributed by atoms with Crippen molar-refractivity contribution in [2.24, 2.45) is 58.1 Å². The van der Waals surface area contributed by atoms with E-state index in [9.17, 15) is 25.5 Å². The number of aliphatic hydroxyl groups excluding tert-OH is 3. The average molecular weight is 1690 g/mol. The Labute approximate surface area is 790 Å². The highest BCUT2D eigenvalue weighted by molar-refractivity contribution is 5.54. The second kappa shape index (κ2) is 40.1. The highest BCUT2D eigenvalue weighted by Crippen LogP contribution is 2.51. The van der Waals surface area contributed by atoms with Crippen LogP contribution in [0.4, 0.5) is 0 Å². The maximum Gasteiger partial charge on any atom is 0.161 e. The van der Waals surface area contributed by atoms with Gasteiger partial charge >= 0.3 is 0 Å². The predicted octanol–water partition coefficient (Wildman–Crippen LogP) is 15.9. The Balaban J connectivity index is 0.000000209. The van der Waals surface area contributed by atoms with E-state index in [4.69, 9.17) is 134 Å². The number of methoxy groups -OCH3 is 10. The van der Waals surface area contributed by atoms with Crippen molar-refractivity contribution >= 4 is 0 Å². The van der Waals surface area contributed by atoms with Crippen LogP contribution in [0.15, 0.2) is 60.4 Å². The lowest BCUT2D eigenvalue weighted by atomic mass is 9.75. The van der Waals surface area contributed by atoms with E-state index in [1.165, 1.54) is 33.3 Å². The largest absolute Gasteiger partial charge is 0.493 e. The first kappa shape index (κ1) is 39.5. The molecule has 15 atom stereocenters. The van der Waals surface area contributed by atoms with Gasteiger partial charge in [-0.3, -0.25) is 24.5 Å². The first-order chi connectivity index (χ1) is 80.5. The second-order valence-electron chi connectivity index (χ2n) is 30.9. The SMILES string of the molecule is [2H]c1c(OC([2H])([2H])[2H])c(OC)c([2H])c2c1C1CC(O)C(C([2H])([2H])C(C)(C([2H])([2H])[2H])C([2H])([2H])[2H])CN1C([2H])([2H])C2([2H])[2H].[2H]c1c(OC([2H])([2H])[2H])c(OC)c([2H])c2c1C1CC(O)C(CC(C)C)CN1C([2H])([2H])C2([2H])[2H].[2H]c1c(OC([2H])([2H])[2H])c(OC)c([2H])c2c1C1N(CC([2H])(CC(C)C)C([2H])(O)C1([2H])[2H])C([2H])([2H])C2([2H])[2H].[2H]c1c(OC)c(OC)c([2H])c2c1C1CC(O)C(C([2H])([2H])C(C)(C([2H])([2H])[2H])C([2H])([2H])[2H])CN1C([2H])([2H])C2([2H])[2H].[2H]c1c(OC)c(OC)c([2H])c2c1C1N(CC([2H])(CC(C)C)C([2H])(O)C1([2H])[2H])C([2H])([2H])C2([2H])[2H]. The summed E-state index contributed by atoms with van der Waals surface area (Å²) in [5, 5.41) is 55.4. The fraction of sp³-hybridized carbons (Fsp3) is 0.691. The van der Waals surface area contributed by atoms with Gasteiger partial charge in [0.1, 0.15) is 0 Å². The molecule has 0 aliphatic carbocycles. The van der Waals surface area contributed by atoms with Gasteiger partial charge in [-0.05, 0) is 270 Å². The molecule has 5 N–H and O–H groups in total. The molecule has 0 bridgehead atoms. The van der Waals surface area contributed by atoms with Crippen molar-refractivity contribution in [3.63, 3.8) is 0 Å². The lowest BCUT2D eigenvalue weighted by molar-refractivity contribution is -0.0259. The summed E-state index contributed by atoms with van der Waals surface area (Å²) in [5.41, 5.74) is -10.6. The van der Waals surface area contributed by atoms with Crippen LogP contribution in [-0.2, 0) is 31.9 Å². The van der Waals surface area contributed by atoms with Gasteiger partial charge in [0.25, 0.3) is 0 Å². The van der Waals surface area contributed by atoms with Gasteiger partial charge in [-0.2, -0.15) is 0 Å². The molecule has 5 aromatic carbocycles. The maximum atomic E-state index is 11.2. The Hall–Kier alpha value is -6.30. The highest BCUT2D eigenvalue weighted by atomic mass is 16.5. The fourth-order valence-corrected chi connectivity index (χ4v) is 15.3. The van der Waals surface area contributed by atoms with Gasteiger partial charge in [0.2, 0.25) is 0 Å². The van der Waals surface area contributed by atoms with Crippen LogP contribution in [0.2, 0.25) is 0 Å². The molecule has 5 aromatic rings. The first-order valence-corrected chi connectivity index (χ1v) is 38.0. The van der Waals surface area contributed by atoms with Crippen LogP contribution >= 0.6 is 0 Å². The Kier molecular flexibility index (Phi) is 13.5. The molecule has 652 valence electrons. The van der Waals surface area contributed by atoms with Crippen molar-refractivity contribution in [2.75, 3.05) is 136 Å². The molecule has 0 saturated carbocycles. The van der Waals surface area contributed by atoms with Gasteiger partial charge in [0.15, 0.2) is 57.5 Å². The number of hydrogen-bond donors (Lipinski definition) is 5. The third kappa shape index (κ3) is 22.0. The van der Waals surface area contributed by atoms with E-state index in [-0.39, 0.29) is 89.2 Å². The molecule has 20 heteroatoms. The molecule has 0 spiro atoms. The Morgan fingerprint density at radius 2 is 0.607 bits per heavy atom. The molecule has 5 fully saturated rings. The molecule has 0 aromatic heterocycles. The number of aliphatic hydroxyl groups is 5. The van der Waals surface area contributed by atoms with Gasteiger partial charge in [-0.25, -0.2) is 0 Å². The minimum Gasteiger partial charge on any atom is -0.493 e. The van der Waals surface area contributed by atoms with Crippen LogP contribution in [0.3, 0.4) is 0 Å². The van der Waals surface area contributed by atoms with Crippen LogP contribution in [0, 0.1) is 58.1 Å². The van der Waals surface area contributed by atoms with E-state index in [1.54, 1.807) is 27.7 Å². The molecule has 0 radical (unpaired) electrons. The molecule has 117 heavy (non-hydrogen) atoms. The third-order valence-corrected chi connectivity index (χ3v) is 20.5. The van der Waals surface area contributed by atoms with Crippen molar-refractivity contribution in [3.05, 3.63) is 116 Å². The van der Waals surface area contributed by atoms with Gasteiger partial charge < -0.3 is 72.9 Å². The number of nitrogens with zero attached hydrogens (tertiary/aromatic N) is 5. The first-order valence-electron chi connectivity index (χ1n) is 69.5. The van der Waals surface area contributed by atoms with Crippen LogP contribution in [0.5, 0.6) is 57.5 Å². The summed E-state index contributed by atoms with van der Waals surface area (Å²) < 4.78 is 576. The minimum atomic E-state index is -3.41. The van der Waals surface area contributed by atoms with Crippen LogP contribution < -0.4 is 47.4 Å². The molecule has 0 amide bonds. The van der Waals surface area contributed by atoms with Crippen molar-refractivity contribution in [2.45, 2.75) is 239 Å². The quantitative estimate of drug-likeness (QED) is 0.0552. The third-order valence-electron chi connectivity index (χ3n) is 20.5. The standard InChI is InChI=1S/2C20H31NO3.3C19H29NO3/c2*1-20(2,3)11-14-12-21-7-6-13-8-18(23-4)19(24-5)9-15(13)16(21)10-17(14)22;3*1-12(2)7-14-11-20-6-5-13-8-18(22-3)19(23-4)9-15(13)16(20)10-17(14)21/h2*8-9,14,16-17,22H,6-7,10-12H2,1-5H3;3*8-9,12,14,16-17,21H,5-7,10-11H2,1-4H3/i1D3,2D3,5D3,6D2,7D2,8D,9D,11D2;1D3,2D3,6D2,7D2,8D,9D,11D2;4D3,5D2,6D2,8D,9D,10D2,14D,17D;5D2,6D2,8D,9D,10D2,14D,17D;4D3,5D2,6D2,8D,9D. The molecule has 15 rings (SSSR count). The van der Waals surface area contributed by atoms with Crippen molar-refractivity contribution in [1.82, 2.24) is 24.5 Å². The van der Waals surface area contributed by atoms with Crippen LogP contribution in [-0.4, -0.2) is 217 Å². The number of piperidine rings is 5. The minimum absolute atomic E-state index is 0.0187. The number of fused-ring (bicyclic) bond motifs is 15. The van der Waals surface area contributed by atoms with Crippen molar-refractivity contribution in [3.8, 4) is 57.5 Å². The zero-order valence-corrected chi connectivity index (χ0v) is 67.9. The molecular weight excluding hydrogens is 1480 g/mol. The summed E-state index contributed by atoms with van der Waals surface area (Å²) >= 11 is 0. The van der Waals surface area contributed by atoms with E-state index < -0.39 is 406 Å². The predicted molar refractivity (Wildman–Crippen MR) is 465 cm³/mol. The van der Waals surface area contributed by atoms with E-state index >= 15 is 0 Å². The van der Waals surface area contributed by atoms with E-state index in [1.807, 2.05) is 13.8 Å². The van der Waals surface area contributed by atoms with Gasteiger partial charge in [-0.15, -0.1) is 0 Å². The number of ether oxygens (including phenoxy) is 10. The Morgan fingerprint density at radius 3 is 0.863 bits per heavy atom. The summed E-state index contributed by atoms with van der Waals surface area (Å²) in [7, 11) is -1.25. The lowest BCUT2D eigenvalue weighted by Gasteiger charge is -2.47. The molecule has 10 aliphatic rings. The molecule has 20 nitrogen and oxygen atoms in total. The topological polar surface area (TPSA) is 210 Å². The highest BCUT2D eigenvalue weighted by Gasteiger charge is 2.45. The summed E-state index contributed by atoms with van der Waals surface area (Å²) in [6.07, 6.45) is -38.7. The average Bonchev–Trinajstić information content (AvgIpc) is 0.666. The number of benzene rings is 5. The number of rotatable bonds is 18. The van der Waals surface area contributed by atoms with Crippen LogP contribution in [0.25, 0.3) is 0 Å². The van der Waals surface area contributed by atoms with Gasteiger partial charge in [-0.1, -0.05) is 82.8 Å². The van der Waals surface area contributed by atoms with E-state index in [2.05, 4.69) is 0 Å². The summed E-state index contributed by atoms with van der Waals surface area (Å²) in [4.78, 5) is 4.40. The smallest absolute Gasteiger partial charge is 0.161 e. The van der Waals surface area contributed by atoms with Gasteiger partial charge in [0, 0.05) is 153 Å². The molecule has 10 aliphatic heterocycles. The van der Waals surface area contributed by atoms with Crippen LogP contribution in [0.1, 0.15) is 319 Å². The zero-order valence-electron chi connectivity index (χ0n) is 131. The molecule has 5 saturated heterocycles. The number of hydrogen-bond acceptors (Lipinski definition) is 20.